The van der Waals surface area contributed by atoms with Crippen molar-refractivity contribution in [2.75, 3.05) is 12.4 Å². The van der Waals surface area contributed by atoms with Crippen LogP contribution in [-0.4, -0.2) is 17.0 Å². The van der Waals surface area contributed by atoms with Crippen molar-refractivity contribution >= 4 is 5.82 Å². The van der Waals surface area contributed by atoms with Crippen LogP contribution in [0.1, 0.15) is 35.6 Å². The third kappa shape index (κ3) is 2.60. The molecule has 1 aromatic carbocycles. The van der Waals surface area contributed by atoms with Crippen LogP contribution >= 0.6 is 0 Å². The minimum Gasteiger partial charge on any atom is -0.373 e. The van der Waals surface area contributed by atoms with Crippen molar-refractivity contribution in [3.05, 3.63) is 41.1 Å². The van der Waals surface area contributed by atoms with E-state index in [4.69, 9.17) is 4.98 Å². The number of nitrogens with one attached hydrogen (secondary N) is 1. The quantitative estimate of drug-likeness (QED) is 0.906. The molecule has 0 radical (unpaired) electrons. The Hall–Kier alpha value is -1.90. The van der Waals surface area contributed by atoms with Gasteiger partial charge in [0, 0.05) is 30.3 Å². The van der Waals surface area contributed by atoms with Gasteiger partial charge in [0.2, 0.25) is 0 Å². The fourth-order valence-electron chi connectivity index (χ4n) is 2.42. The van der Waals surface area contributed by atoms with Gasteiger partial charge in [-0.2, -0.15) is 0 Å². The molecule has 3 rings (SSSR count). The summed E-state index contributed by atoms with van der Waals surface area (Å²) in [6, 6.07) is 8.55. The van der Waals surface area contributed by atoms with Crippen molar-refractivity contribution in [1.82, 2.24) is 9.97 Å². The standard InChI is InChI=1S/C16H19N3/c1-10-6-11(2)8-13(7-10)16-18-14(12-4-5-12)9-15(17-3)19-16/h6-9,12H,4-5H2,1-3H3,(H,17,18,19). The zero-order valence-electron chi connectivity index (χ0n) is 11.7. The number of rotatable bonds is 3. The second-order valence-corrected chi connectivity index (χ2v) is 5.40. The third-order valence-electron chi connectivity index (χ3n) is 3.48. The Labute approximate surface area is 114 Å². The van der Waals surface area contributed by atoms with Crippen molar-refractivity contribution in [2.45, 2.75) is 32.6 Å². The lowest BCUT2D eigenvalue weighted by Crippen LogP contribution is -2.00. The molecule has 0 amide bonds. The lowest BCUT2D eigenvalue weighted by molar-refractivity contribution is 0.994. The zero-order chi connectivity index (χ0) is 13.4. The highest BCUT2D eigenvalue weighted by Crippen LogP contribution is 2.40. The van der Waals surface area contributed by atoms with Crippen LogP contribution in [-0.2, 0) is 0 Å². The minimum absolute atomic E-state index is 0.639. The highest BCUT2D eigenvalue weighted by molar-refractivity contribution is 5.60. The SMILES string of the molecule is CNc1cc(C2CC2)nc(-c2cc(C)cc(C)c2)n1. The number of benzene rings is 1. The van der Waals surface area contributed by atoms with Gasteiger partial charge >= 0.3 is 0 Å². The number of anilines is 1. The number of hydrogen-bond donors (Lipinski definition) is 1. The molecule has 0 spiro atoms. The van der Waals surface area contributed by atoms with E-state index in [9.17, 15) is 0 Å². The van der Waals surface area contributed by atoms with Gasteiger partial charge in [-0.3, -0.25) is 0 Å². The van der Waals surface area contributed by atoms with Crippen LogP contribution < -0.4 is 5.32 Å². The van der Waals surface area contributed by atoms with Crippen molar-refractivity contribution in [3.63, 3.8) is 0 Å². The smallest absolute Gasteiger partial charge is 0.161 e. The first-order chi connectivity index (χ1) is 9.15. The van der Waals surface area contributed by atoms with Crippen molar-refractivity contribution < 1.29 is 0 Å². The second-order valence-electron chi connectivity index (χ2n) is 5.40. The number of hydrogen-bond acceptors (Lipinski definition) is 3. The van der Waals surface area contributed by atoms with E-state index in [2.05, 4.69) is 48.4 Å². The molecule has 0 bridgehead atoms. The number of nitrogens with zero attached hydrogens (tertiary/aromatic N) is 2. The van der Waals surface area contributed by atoms with Crippen LogP contribution in [0.2, 0.25) is 0 Å². The van der Waals surface area contributed by atoms with E-state index in [1.165, 1.54) is 29.7 Å². The van der Waals surface area contributed by atoms with Gasteiger partial charge in [-0.05, 0) is 38.8 Å². The normalized spacial score (nSPS) is 14.5. The summed E-state index contributed by atoms with van der Waals surface area (Å²) in [6.45, 7) is 4.22. The van der Waals surface area contributed by atoms with E-state index in [-0.39, 0.29) is 0 Å². The summed E-state index contributed by atoms with van der Waals surface area (Å²) in [5, 5.41) is 3.14. The molecular weight excluding hydrogens is 234 g/mol. The second kappa shape index (κ2) is 4.65. The summed E-state index contributed by atoms with van der Waals surface area (Å²) in [5.74, 6) is 2.38. The van der Waals surface area contributed by atoms with Crippen molar-refractivity contribution in [3.8, 4) is 11.4 Å². The predicted molar refractivity (Wildman–Crippen MR) is 78.5 cm³/mol. The van der Waals surface area contributed by atoms with Crippen LogP contribution in [0.25, 0.3) is 11.4 Å². The van der Waals surface area contributed by atoms with Crippen LogP contribution in [0.3, 0.4) is 0 Å². The Bertz CT molecular complexity index is 595. The average Bonchev–Trinajstić information content (AvgIpc) is 3.21. The molecule has 3 heteroatoms. The number of aromatic nitrogens is 2. The van der Waals surface area contributed by atoms with Gasteiger partial charge in [0.25, 0.3) is 0 Å². The Balaban J connectivity index is 2.09. The monoisotopic (exact) mass is 253 g/mol. The molecule has 0 saturated heterocycles. The number of aryl methyl sites for hydroxylation is 2. The first-order valence-electron chi connectivity index (χ1n) is 6.81. The van der Waals surface area contributed by atoms with Crippen molar-refractivity contribution in [1.29, 1.82) is 0 Å². The van der Waals surface area contributed by atoms with Gasteiger partial charge in [0.15, 0.2) is 5.82 Å². The highest BCUT2D eigenvalue weighted by atomic mass is 15.0. The van der Waals surface area contributed by atoms with Gasteiger partial charge in [0.1, 0.15) is 5.82 Å². The zero-order valence-corrected chi connectivity index (χ0v) is 11.7. The lowest BCUT2D eigenvalue weighted by Gasteiger charge is -2.09. The molecular formula is C16H19N3. The molecule has 1 aliphatic rings. The molecule has 1 aliphatic carbocycles. The summed E-state index contributed by atoms with van der Waals surface area (Å²) >= 11 is 0. The molecule has 0 unspecified atom stereocenters. The molecule has 2 aromatic rings. The summed E-state index contributed by atoms with van der Waals surface area (Å²) in [4.78, 5) is 9.34. The molecule has 1 saturated carbocycles. The Morgan fingerprint density at radius 3 is 2.26 bits per heavy atom. The van der Waals surface area contributed by atoms with E-state index in [0.717, 1.165) is 17.2 Å². The molecule has 1 fully saturated rings. The summed E-state index contributed by atoms with van der Waals surface area (Å²) in [6.07, 6.45) is 2.51. The van der Waals surface area contributed by atoms with Crippen LogP contribution in [0.5, 0.6) is 0 Å². The van der Waals surface area contributed by atoms with Crippen LogP contribution in [0.15, 0.2) is 24.3 Å². The highest BCUT2D eigenvalue weighted by Gasteiger charge is 2.26. The van der Waals surface area contributed by atoms with Gasteiger partial charge < -0.3 is 5.32 Å². The fourth-order valence-corrected chi connectivity index (χ4v) is 2.42. The van der Waals surface area contributed by atoms with Gasteiger partial charge in [-0.15, -0.1) is 0 Å². The molecule has 19 heavy (non-hydrogen) atoms. The van der Waals surface area contributed by atoms with Gasteiger partial charge in [-0.25, -0.2) is 9.97 Å². The molecule has 1 heterocycles. The Morgan fingerprint density at radius 1 is 1.00 bits per heavy atom. The van der Waals surface area contributed by atoms with Crippen LogP contribution in [0, 0.1) is 13.8 Å². The summed E-state index contributed by atoms with van der Waals surface area (Å²) < 4.78 is 0. The minimum atomic E-state index is 0.639. The molecule has 98 valence electrons. The topological polar surface area (TPSA) is 37.8 Å². The molecule has 0 aliphatic heterocycles. The Kier molecular flexibility index (Phi) is 2.97. The maximum absolute atomic E-state index is 4.74. The van der Waals surface area contributed by atoms with E-state index in [1.807, 2.05) is 7.05 Å². The Morgan fingerprint density at radius 2 is 1.68 bits per heavy atom. The largest absolute Gasteiger partial charge is 0.373 e. The molecule has 0 atom stereocenters. The van der Waals surface area contributed by atoms with Crippen LogP contribution in [0.4, 0.5) is 5.82 Å². The van der Waals surface area contributed by atoms with E-state index in [0.29, 0.717) is 5.92 Å². The van der Waals surface area contributed by atoms with E-state index in [1.54, 1.807) is 0 Å². The van der Waals surface area contributed by atoms with E-state index >= 15 is 0 Å². The molecule has 1 N–H and O–H groups in total. The first-order valence-corrected chi connectivity index (χ1v) is 6.81. The summed E-state index contributed by atoms with van der Waals surface area (Å²) in [7, 11) is 1.91. The van der Waals surface area contributed by atoms with Crippen molar-refractivity contribution in [2.24, 2.45) is 0 Å². The lowest BCUT2D eigenvalue weighted by atomic mass is 10.1. The predicted octanol–water partition coefficient (Wildman–Crippen LogP) is 3.68. The summed E-state index contributed by atoms with van der Waals surface area (Å²) in [5.41, 5.74) is 4.79. The third-order valence-corrected chi connectivity index (χ3v) is 3.48. The van der Waals surface area contributed by atoms with Gasteiger partial charge in [-0.1, -0.05) is 17.2 Å². The van der Waals surface area contributed by atoms with E-state index < -0.39 is 0 Å². The maximum Gasteiger partial charge on any atom is 0.161 e. The first kappa shape index (κ1) is 12.2. The molecule has 3 nitrogen and oxygen atoms in total. The van der Waals surface area contributed by atoms with Gasteiger partial charge in [0.05, 0.1) is 0 Å². The maximum atomic E-state index is 4.74. The molecule has 1 aromatic heterocycles. The fraction of sp³-hybridized carbons (Fsp3) is 0.375. The average molecular weight is 253 g/mol.